The van der Waals surface area contributed by atoms with Gasteiger partial charge >= 0.3 is 11.7 Å². The zero-order valence-corrected chi connectivity index (χ0v) is 14.6. The molecule has 1 amide bonds. The van der Waals surface area contributed by atoms with Gasteiger partial charge in [0.1, 0.15) is 11.8 Å². The van der Waals surface area contributed by atoms with E-state index in [1.54, 1.807) is 6.92 Å². The number of carbonyl (C=O) groups excluding carboxylic acids is 2. The fourth-order valence-corrected chi connectivity index (χ4v) is 2.04. The summed E-state index contributed by atoms with van der Waals surface area (Å²) in [5, 5.41) is 13.6. The number of nitrogens with one attached hydrogen (secondary N) is 1. The van der Waals surface area contributed by atoms with Gasteiger partial charge in [-0.25, -0.2) is 4.79 Å². The zero-order chi connectivity index (χ0) is 19.0. The summed E-state index contributed by atoms with van der Waals surface area (Å²) < 4.78 is 14.8. The Morgan fingerprint density at radius 3 is 2.52 bits per heavy atom. The molecule has 0 bridgehead atoms. The van der Waals surface area contributed by atoms with Crippen molar-refractivity contribution in [1.29, 1.82) is 0 Å². The number of amides is 1. The summed E-state index contributed by atoms with van der Waals surface area (Å²) in [6, 6.07) is 3.22. The van der Waals surface area contributed by atoms with Crippen LogP contribution in [0.25, 0.3) is 0 Å². The lowest BCUT2D eigenvalue weighted by atomic mass is 9.99. The molecule has 1 N–H and O–H groups in total. The van der Waals surface area contributed by atoms with Crippen molar-refractivity contribution >= 4 is 17.6 Å². The van der Waals surface area contributed by atoms with Gasteiger partial charge in [0.15, 0.2) is 12.4 Å². The predicted molar refractivity (Wildman–Crippen MR) is 88.5 cm³/mol. The summed E-state index contributed by atoms with van der Waals surface area (Å²) >= 11 is 0. The topological polar surface area (TPSA) is 117 Å². The fourth-order valence-electron chi connectivity index (χ4n) is 2.04. The van der Waals surface area contributed by atoms with Crippen LogP contribution in [0, 0.1) is 16.0 Å². The Morgan fingerprint density at radius 2 is 2.00 bits per heavy atom. The molecule has 2 unspecified atom stereocenters. The van der Waals surface area contributed by atoms with E-state index in [9.17, 15) is 19.7 Å². The van der Waals surface area contributed by atoms with Crippen LogP contribution in [0.1, 0.15) is 20.3 Å². The van der Waals surface area contributed by atoms with Crippen molar-refractivity contribution in [3.63, 3.8) is 0 Å². The molecular weight excluding hydrogens is 332 g/mol. The molecular formula is C16H22N2O7. The van der Waals surface area contributed by atoms with Crippen LogP contribution >= 0.6 is 0 Å². The lowest BCUT2D eigenvalue weighted by molar-refractivity contribution is -0.385. The first-order valence-corrected chi connectivity index (χ1v) is 7.66. The second kappa shape index (κ2) is 9.45. The Balaban J connectivity index is 2.78. The molecule has 1 aromatic carbocycles. The maximum absolute atomic E-state index is 12.0. The van der Waals surface area contributed by atoms with E-state index in [2.05, 4.69) is 10.1 Å². The minimum absolute atomic E-state index is 0.0703. The molecule has 0 saturated carbocycles. The third kappa shape index (κ3) is 5.63. The minimum Gasteiger partial charge on any atom is -0.496 e. The molecule has 25 heavy (non-hydrogen) atoms. The van der Waals surface area contributed by atoms with Gasteiger partial charge in [-0.15, -0.1) is 0 Å². The monoisotopic (exact) mass is 354 g/mol. The van der Waals surface area contributed by atoms with Crippen molar-refractivity contribution < 1.29 is 28.7 Å². The van der Waals surface area contributed by atoms with E-state index in [4.69, 9.17) is 9.47 Å². The highest BCUT2D eigenvalue weighted by Gasteiger charge is 2.27. The van der Waals surface area contributed by atoms with Gasteiger partial charge in [0.2, 0.25) is 0 Å². The first-order valence-electron chi connectivity index (χ1n) is 7.66. The van der Waals surface area contributed by atoms with E-state index < -0.39 is 29.4 Å². The van der Waals surface area contributed by atoms with Crippen molar-refractivity contribution in [3.05, 3.63) is 28.3 Å². The van der Waals surface area contributed by atoms with Crippen molar-refractivity contribution in [1.82, 2.24) is 5.32 Å². The van der Waals surface area contributed by atoms with Crippen molar-refractivity contribution in [2.45, 2.75) is 26.3 Å². The van der Waals surface area contributed by atoms with Gasteiger partial charge in [-0.2, -0.15) is 0 Å². The first-order chi connectivity index (χ1) is 11.8. The lowest BCUT2D eigenvalue weighted by Crippen LogP contribution is -2.47. The average molecular weight is 354 g/mol. The van der Waals surface area contributed by atoms with E-state index in [0.29, 0.717) is 12.2 Å². The molecule has 0 aliphatic heterocycles. The van der Waals surface area contributed by atoms with Crippen LogP contribution < -0.4 is 14.8 Å². The third-order valence-electron chi connectivity index (χ3n) is 3.71. The van der Waals surface area contributed by atoms with Crippen molar-refractivity contribution in [2.24, 2.45) is 5.92 Å². The Hall–Kier alpha value is -2.84. The fraction of sp³-hybridized carbons (Fsp3) is 0.500. The SMILES string of the molecule is CCC(C)C(NC(=O)COc1ccc(OC)cc1[N+](=O)[O-])C(=O)OC. The summed E-state index contributed by atoms with van der Waals surface area (Å²) in [7, 11) is 2.62. The van der Waals surface area contributed by atoms with Gasteiger partial charge in [0.25, 0.3) is 5.91 Å². The van der Waals surface area contributed by atoms with Crippen LogP contribution in [0.2, 0.25) is 0 Å². The van der Waals surface area contributed by atoms with Crippen LogP contribution in [-0.2, 0) is 14.3 Å². The largest absolute Gasteiger partial charge is 0.496 e. The highest BCUT2D eigenvalue weighted by Crippen LogP contribution is 2.30. The summed E-state index contributed by atoms with van der Waals surface area (Å²) in [5.74, 6) is -1.05. The van der Waals surface area contributed by atoms with Crippen molar-refractivity contribution in [2.75, 3.05) is 20.8 Å². The van der Waals surface area contributed by atoms with E-state index in [0.717, 1.165) is 0 Å². The van der Waals surface area contributed by atoms with Gasteiger partial charge in [-0.05, 0) is 18.1 Å². The Morgan fingerprint density at radius 1 is 1.32 bits per heavy atom. The molecule has 0 radical (unpaired) electrons. The molecule has 0 fully saturated rings. The Labute approximate surface area is 145 Å². The normalized spacial score (nSPS) is 12.6. The molecule has 0 saturated heterocycles. The number of esters is 1. The van der Waals surface area contributed by atoms with Gasteiger partial charge in [0, 0.05) is 0 Å². The molecule has 9 heteroatoms. The van der Waals surface area contributed by atoms with Gasteiger partial charge in [-0.3, -0.25) is 14.9 Å². The molecule has 9 nitrogen and oxygen atoms in total. The van der Waals surface area contributed by atoms with Crippen LogP contribution in [0.5, 0.6) is 11.5 Å². The number of benzene rings is 1. The van der Waals surface area contributed by atoms with Crippen molar-refractivity contribution in [3.8, 4) is 11.5 Å². The number of nitro benzene ring substituents is 1. The smallest absolute Gasteiger partial charge is 0.328 e. The summed E-state index contributed by atoms with van der Waals surface area (Å²) in [6.45, 7) is 3.21. The molecule has 138 valence electrons. The van der Waals surface area contributed by atoms with E-state index in [1.165, 1.54) is 32.4 Å². The number of nitrogens with zero attached hydrogens (tertiary/aromatic N) is 1. The predicted octanol–water partition coefficient (Wildman–Crippen LogP) is 1.69. The maximum atomic E-state index is 12.0. The first kappa shape index (κ1) is 20.2. The molecule has 1 rings (SSSR count). The highest BCUT2D eigenvalue weighted by atomic mass is 16.6. The molecule has 1 aromatic rings. The van der Waals surface area contributed by atoms with Crippen LogP contribution in [0.15, 0.2) is 18.2 Å². The number of methoxy groups -OCH3 is 2. The second-order valence-corrected chi connectivity index (χ2v) is 5.33. The lowest BCUT2D eigenvalue weighted by Gasteiger charge is -2.21. The standard InChI is InChI=1S/C16H22N2O7/c1-5-10(2)15(16(20)24-4)17-14(19)9-25-13-7-6-11(23-3)8-12(13)18(21)22/h6-8,10,15H,5,9H2,1-4H3,(H,17,19). The molecule has 0 spiro atoms. The molecule has 2 atom stereocenters. The number of ether oxygens (including phenoxy) is 3. The molecule has 0 heterocycles. The van der Waals surface area contributed by atoms with Crippen LogP contribution in [0.4, 0.5) is 5.69 Å². The molecule has 0 aliphatic carbocycles. The van der Waals surface area contributed by atoms with E-state index >= 15 is 0 Å². The number of nitro groups is 1. The maximum Gasteiger partial charge on any atom is 0.328 e. The summed E-state index contributed by atoms with van der Waals surface area (Å²) in [4.78, 5) is 34.2. The third-order valence-corrected chi connectivity index (χ3v) is 3.71. The van der Waals surface area contributed by atoms with Crippen LogP contribution in [-0.4, -0.2) is 43.7 Å². The van der Waals surface area contributed by atoms with Gasteiger partial charge < -0.3 is 19.5 Å². The average Bonchev–Trinajstić information content (AvgIpc) is 2.62. The summed E-state index contributed by atoms with van der Waals surface area (Å²) in [5.41, 5.74) is -0.321. The number of carbonyl (C=O) groups is 2. The minimum atomic E-state index is -0.808. The van der Waals surface area contributed by atoms with Gasteiger partial charge in [-0.1, -0.05) is 20.3 Å². The number of rotatable bonds is 9. The highest BCUT2D eigenvalue weighted by molar-refractivity contribution is 5.85. The van der Waals surface area contributed by atoms with E-state index in [1.807, 2.05) is 6.92 Å². The van der Waals surface area contributed by atoms with E-state index in [-0.39, 0.29) is 17.4 Å². The molecule has 0 aliphatic rings. The zero-order valence-electron chi connectivity index (χ0n) is 14.6. The number of hydrogen-bond donors (Lipinski definition) is 1. The van der Waals surface area contributed by atoms with Crippen LogP contribution in [0.3, 0.4) is 0 Å². The van der Waals surface area contributed by atoms with Gasteiger partial charge in [0.05, 0.1) is 25.2 Å². The number of hydrogen-bond acceptors (Lipinski definition) is 7. The molecule has 0 aromatic heterocycles. The summed E-state index contributed by atoms with van der Waals surface area (Å²) in [6.07, 6.45) is 0.658. The Bertz CT molecular complexity index is 633. The quantitative estimate of drug-likeness (QED) is 0.407. The Kier molecular flexibility index (Phi) is 7.64. The second-order valence-electron chi connectivity index (χ2n) is 5.33.